The normalized spacial score (nSPS) is 48.6. The molecule has 192 valence electrons. The lowest BCUT2D eigenvalue weighted by atomic mass is 9.57. The fourth-order valence-corrected chi connectivity index (χ4v) is 5.70. The van der Waals surface area contributed by atoms with Gasteiger partial charge in [-0.25, -0.2) is 0 Å². The van der Waals surface area contributed by atoms with Crippen molar-refractivity contribution in [2.24, 2.45) is 11.8 Å². The molecule has 12 atom stereocenters. The van der Waals surface area contributed by atoms with Gasteiger partial charge in [0.15, 0.2) is 17.7 Å². The third kappa shape index (κ3) is 4.25. The second-order valence-electron chi connectivity index (χ2n) is 9.45. The zero-order valence-electron chi connectivity index (χ0n) is 18.7. The Morgan fingerprint density at radius 3 is 2.42 bits per heavy atom. The molecule has 0 aromatic rings. The van der Waals surface area contributed by atoms with Crippen molar-refractivity contribution in [2.75, 3.05) is 20.3 Å². The van der Waals surface area contributed by atoms with E-state index in [9.17, 15) is 45.6 Å². The van der Waals surface area contributed by atoms with Gasteiger partial charge >= 0.3 is 0 Å². The van der Waals surface area contributed by atoms with Crippen LogP contribution in [0.3, 0.4) is 0 Å². The van der Waals surface area contributed by atoms with Crippen molar-refractivity contribution in [1.29, 1.82) is 0 Å². The lowest BCUT2D eigenvalue weighted by molar-refractivity contribution is -0.343. The minimum absolute atomic E-state index is 0.0265. The highest BCUT2D eigenvalue weighted by molar-refractivity contribution is 5.90. The van der Waals surface area contributed by atoms with Crippen LogP contribution in [0.4, 0.5) is 0 Å². The average Bonchev–Trinajstić information content (AvgIpc) is 2.79. The quantitative estimate of drug-likeness (QED) is 0.186. The number of aliphatic hydroxyl groups excluding tert-OH is 7. The topological polar surface area (TPSA) is 207 Å². The van der Waals surface area contributed by atoms with Gasteiger partial charge in [0.1, 0.15) is 30.0 Å². The van der Waals surface area contributed by atoms with E-state index >= 15 is 0 Å². The number of carbonyl (C=O) groups excluding carboxylic acids is 1. The first kappa shape index (κ1) is 26.8. The molecule has 0 amide bonds. The summed E-state index contributed by atoms with van der Waals surface area (Å²) in [7, 11) is 1.23. The van der Waals surface area contributed by atoms with Crippen LogP contribution in [0.15, 0.2) is 0 Å². The average molecular weight is 481 g/mol. The van der Waals surface area contributed by atoms with Crippen molar-refractivity contribution in [3.8, 4) is 0 Å². The van der Waals surface area contributed by atoms with Crippen LogP contribution < -0.4 is 0 Å². The standard InChI is InChI=1S/C21H36O12/c1-9-10(24)6-21(33-18(9)15(27)11(25)7-22)13(26)4-3-5-20(21,30)14-16(28)12(8-23)32-19(31-2)17(14)29/h9-12,14-19,22-25,27-30H,3-8H2,1-2H3/t9-,10-,11?,12?,14+,15?,16?,17+,18?,19?,20?,21-/m1/s1. The van der Waals surface area contributed by atoms with Gasteiger partial charge in [-0.15, -0.1) is 0 Å². The number of ketones is 1. The molecule has 33 heavy (non-hydrogen) atoms. The molecular formula is C21H36O12. The molecule has 0 radical (unpaired) electrons. The van der Waals surface area contributed by atoms with E-state index in [-0.39, 0.29) is 25.7 Å². The highest BCUT2D eigenvalue weighted by Crippen LogP contribution is 2.53. The summed E-state index contributed by atoms with van der Waals surface area (Å²) in [5.41, 5.74) is -4.40. The van der Waals surface area contributed by atoms with Crippen molar-refractivity contribution >= 4 is 5.78 Å². The molecular weight excluding hydrogens is 444 g/mol. The molecule has 0 bridgehead atoms. The first-order valence-corrected chi connectivity index (χ1v) is 11.2. The highest BCUT2D eigenvalue weighted by Gasteiger charge is 2.69. The van der Waals surface area contributed by atoms with Gasteiger partial charge in [0.25, 0.3) is 0 Å². The Hall–Kier alpha value is -0.770. The lowest BCUT2D eigenvalue weighted by Crippen LogP contribution is -2.77. The summed E-state index contributed by atoms with van der Waals surface area (Å²) in [6.07, 6.45) is -12.1. The number of methoxy groups -OCH3 is 1. The Bertz CT molecular complexity index is 676. The molecule has 7 unspecified atom stereocenters. The number of ether oxygens (including phenoxy) is 3. The van der Waals surface area contributed by atoms with Crippen LogP contribution in [0, 0.1) is 11.8 Å². The maximum absolute atomic E-state index is 13.3. The molecule has 0 aromatic carbocycles. The fraction of sp³-hybridized carbons (Fsp3) is 0.952. The smallest absolute Gasteiger partial charge is 0.184 e. The first-order valence-electron chi connectivity index (χ1n) is 11.2. The first-order chi connectivity index (χ1) is 15.5. The summed E-state index contributed by atoms with van der Waals surface area (Å²) in [6.45, 7) is 0.0642. The molecule has 12 nitrogen and oxygen atoms in total. The predicted octanol–water partition coefficient (Wildman–Crippen LogP) is -3.59. The van der Waals surface area contributed by atoms with Crippen molar-refractivity contribution in [1.82, 2.24) is 0 Å². The molecule has 3 rings (SSSR count). The largest absolute Gasteiger partial charge is 0.394 e. The van der Waals surface area contributed by atoms with E-state index in [1.54, 1.807) is 0 Å². The van der Waals surface area contributed by atoms with Crippen LogP contribution in [-0.2, 0) is 19.0 Å². The molecule has 2 heterocycles. The third-order valence-corrected chi connectivity index (χ3v) is 7.66. The molecule has 12 heteroatoms. The maximum atomic E-state index is 13.3. The highest BCUT2D eigenvalue weighted by atomic mass is 16.7. The number of Topliss-reactive ketones (excluding diaryl/α,β-unsaturated/α-hetero) is 1. The van der Waals surface area contributed by atoms with Crippen molar-refractivity contribution in [3.05, 3.63) is 0 Å². The molecule has 8 N–H and O–H groups in total. The second-order valence-corrected chi connectivity index (χ2v) is 9.45. The summed E-state index contributed by atoms with van der Waals surface area (Å²) < 4.78 is 16.5. The zero-order chi connectivity index (χ0) is 24.7. The predicted molar refractivity (Wildman–Crippen MR) is 109 cm³/mol. The van der Waals surface area contributed by atoms with E-state index in [0.717, 1.165) is 0 Å². The fourth-order valence-electron chi connectivity index (χ4n) is 5.70. The molecule has 3 fully saturated rings. The second kappa shape index (κ2) is 10.1. The summed E-state index contributed by atoms with van der Waals surface area (Å²) >= 11 is 0. The van der Waals surface area contributed by atoms with E-state index in [4.69, 9.17) is 14.2 Å². The van der Waals surface area contributed by atoms with Gasteiger partial charge in [-0.1, -0.05) is 6.92 Å². The van der Waals surface area contributed by atoms with Crippen LogP contribution in [-0.4, -0.2) is 127 Å². The van der Waals surface area contributed by atoms with Gasteiger partial charge in [0.2, 0.25) is 0 Å². The Labute approximate surface area is 191 Å². The summed E-state index contributed by atoms with van der Waals surface area (Å²) in [5, 5.41) is 84.2. The molecule has 1 saturated carbocycles. The van der Waals surface area contributed by atoms with E-state index in [1.165, 1.54) is 14.0 Å². The van der Waals surface area contributed by atoms with Gasteiger partial charge in [-0.05, 0) is 12.8 Å². The number of aliphatic hydroxyl groups is 8. The van der Waals surface area contributed by atoms with Gasteiger partial charge in [0.05, 0.1) is 37.4 Å². The maximum Gasteiger partial charge on any atom is 0.184 e. The Morgan fingerprint density at radius 1 is 1.18 bits per heavy atom. The van der Waals surface area contributed by atoms with E-state index in [1.807, 2.05) is 0 Å². The summed E-state index contributed by atoms with van der Waals surface area (Å²) in [6, 6.07) is 0. The Balaban J connectivity index is 2.10. The van der Waals surface area contributed by atoms with Crippen molar-refractivity contribution in [2.45, 2.75) is 92.8 Å². The zero-order valence-corrected chi connectivity index (χ0v) is 18.7. The molecule has 0 aromatic heterocycles. The van der Waals surface area contributed by atoms with E-state index in [0.29, 0.717) is 0 Å². The number of carbonyl (C=O) groups is 1. The molecule has 3 aliphatic rings. The number of hydrogen-bond donors (Lipinski definition) is 8. The molecule has 1 spiro atoms. The monoisotopic (exact) mass is 480 g/mol. The summed E-state index contributed by atoms with van der Waals surface area (Å²) in [4.78, 5) is 13.3. The van der Waals surface area contributed by atoms with Gasteiger partial charge in [-0.3, -0.25) is 4.79 Å². The Morgan fingerprint density at radius 2 is 1.85 bits per heavy atom. The van der Waals surface area contributed by atoms with Gasteiger partial charge < -0.3 is 55.1 Å². The minimum Gasteiger partial charge on any atom is -0.394 e. The van der Waals surface area contributed by atoms with E-state index in [2.05, 4.69) is 0 Å². The molecule has 2 aliphatic heterocycles. The lowest BCUT2D eigenvalue weighted by Gasteiger charge is -2.60. The van der Waals surface area contributed by atoms with Crippen LogP contribution in [0.5, 0.6) is 0 Å². The molecule has 2 saturated heterocycles. The number of rotatable bonds is 6. The Kier molecular flexibility index (Phi) is 8.19. The van der Waals surface area contributed by atoms with Crippen LogP contribution in [0.2, 0.25) is 0 Å². The molecule has 1 aliphatic carbocycles. The van der Waals surface area contributed by atoms with Crippen LogP contribution in [0.1, 0.15) is 32.6 Å². The summed E-state index contributed by atoms with van der Waals surface area (Å²) in [5.74, 6) is -2.87. The van der Waals surface area contributed by atoms with Gasteiger partial charge in [0, 0.05) is 25.9 Å². The van der Waals surface area contributed by atoms with Crippen molar-refractivity contribution in [3.63, 3.8) is 0 Å². The third-order valence-electron chi connectivity index (χ3n) is 7.66. The minimum atomic E-state index is -2.25. The SMILES string of the molecule is COC1OC(CO)C(O)[C@H](C2(O)CCCC(=O)[C@]23C[C@@H](O)[C@@H](C)C(C(O)C(O)CO)O3)[C@@H]1O. The van der Waals surface area contributed by atoms with Crippen molar-refractivity contribution < 1.29 is 59.9 Å². The van der Waals surface area contributed by atoms with Crippen LogP contribution >= 0.6 is 0 Å². The number of hydrogen-bond acceptors (Lipinski definition) is 12. The van der Waals surface area contributed by atoms with Gasteiger partial charge in [-0.2, -0.15) is 0 Å². The van der Waals surface area contributed by atoms with E-state index < -0.39 is 91.1 Å². The van der Waals surface area contributed by atoms with Crippen LogP contribution in [0.25, 0.3) is 0 Å².